The van der Waals surface area contributed by atoms with Gasteiger partial charge in [-0.05, 0) is 79.0 Å². The number of rotatable bonds is 11. The number of fused-ring (bicyclic) bond motifs is 8. The summed E-state index contributed by atoms with van der Waals surface area (Å²) in [6, 6.07) is 18.9. The lowest BCUT2D eigenvalue weighted by Gasteiger charge is -2.57. The van der Waals surface area contributed by atoms with Gasteiger partial charge in [0.1, 0.15) is 11.2 Å². The van der Waals surface area contributed by atoms with Crippen LogP contribution in [0.5, 0.6) is 0 Å². The van der Waals surface area contributed by atoms with Crippen molar-refractivity contribution in [3.63, 3.8) is 0 Å². The van der Waals surface area contributed by atoms with E-state index in [0.717, 1.165) is 11.1 Å². The zero-order valence-electron chi connectivity index (χ0n) is 32.8. The number of imide groups is 2. The zero-order valence-corrected chi connectivity index (χ0v) is 32.8. The number of carbonyl (C=O) groups excluding carboxylic acids is 4. The summed E-state index contributed by atoms with van der Waals surface area (Å²) < 4.78 is 0. The second-order valence-corrected chi connectivity index (χ2v) is 16.3. The van der Waals surface area contributed by atoms with Crippen LogP contribution in [0.2, 0.25) is 0 Å². The number of nitrogens with zero attached hydrogens (tertiary/aromatic N) is 3. The van der Waals surface area contributed by atoms with Gasteiger partial charge < -0.3 is 36.8 Å². The minimum absolute atomic E-state index is 0.116. The van der Waals surface area contributed by atoms with Crippen LogP contribution >= 0.6 is 0 Å². The van der Waals surface area contributed by atoms with Gasteiger partial charge in [-0.25, -0.2) is 9.59 Å². The summed E-state index contributed by atoms with van der Waals surface area (Å²) in [5.41, 5.74) is 6.44. The van der Waals surface area contributed by atoms with E-state index in [-0.39, 0.29) is 37.1 Å². The Morgan fingerprint density at radius 3 is 1.46 bits per heavy atom. The van der Waals surface area contributed by atoms with Crippen molar-refractivity contribution in [2.45, 2.75) is 99.8 Å². The number of carboxylic acid groups (broad SMARTS) is 2. The Kier molecular flexibility index (Phi) is 10.5. The number of amides is 6. The number of aryl methyl sites for hydroxylation is 1. The summed E-state index contributed by atoms with van der Waals surface area (Å²) in [6.07, 6.45) is -5.59. The van der Waals surface area contributed by atoms with E-state index in [9.17, 15) is 49.2 Å². The molecule has 9 rings (SSSR count). The van der Waals surface area contributed by atoms with Crippen LogP contribution < -0.4 is 27.0 Å². The highest BCUT2D eigenvalue weighted by atomic mass is 16.4. The van der Waals surface area contributed by atoms with Gasteiger partial charge in [-0.15, -0.1) is 0 Å². The van der Waals surface area contributed by atoms with E-state index < -0.39 is 83.3 Å². The molecule has 0 radical (unpaired) electrons. The zero-order chi connectivity index (χ0) is 42.7. The Bertz CT molecular complexity index is 2090. The van der Waals surface area contributed by atoms with Crippen molar-refractivity contribution in [3.8, 4) is 0 Å². The van der Waals surface area contributed by atoms with Crippen molar-refractivity contribution in [1.82, 2.24) is 20.4 Å². The number of nitrogens with two attached hydrogens (primary N) is 2. The number of aliphatic hydroxyl groups is 2. The van der Waals surface area contributed by atoms with Crippen molar-refractivity contribution in [1.29, 1.82) is 0 Å². The summed E-state index contributed by atoms with van der Waals surface area (Å²) in [7, 11) is 0. The van der Waals surface area contributed by atoms with Gasteiger partial charge in [0.05, 0.1) is 25.2 Å². The molecule has 6 aliphatic rings. The first kappa shape index (κ1) is 41.3. The van der Waals surface area contributed by atoms with Gasteiger partial charge in [-0.3, -0.25) is 39.6 Å². The van der Waals surface area contributed by atoms with E-state index in [1.165, 1.54) is 0 Å². The number of anilines is 1. The lowest BCUT2D eigenvalue weighted by Crippen LogP contribution is -2.75. The van der Waals surface area contributed by atoms with E-state index in [2.05, 4.69) is 0 Å². The molecule has 4 bridgehead atoms. The first-order chi connectivity index (χ1) is 27.9. The average Bonchev–Trinajstić information content (AvgIpc) is 3.72. The number of carbonyl (C=O) groups is 6. The Balaban J connectivity index is 1.51. The quantitative estimate of drug-likeness (QED) is 0.137. The van der Waals surface area contributed by atoms with Crippen molar-refractivity contribution in [2.75, 3.05) is 18.0 Å². The van der Waals surface area contributed by atoms with E-state index in [1.807, 2.05) is 47.6 Å². The van der Waals surface area contributed by atoms with E-state index >= 15 is 0 Å². The van der Waals surface area contributed by atoms with Crippen LogP contribution in [0.15, 0.2) is 66.7 Å². The largest absolute Gasteiger partial charge is 0.465 e. The van der Waals surface area contributed by atoms with Gasteiger partial charge in [0, 0.05) is 31.6 Å². The van der Waals surface area contributed by atoms with E-state index in [1.54, 1.807) is 58.3 Å². The average molecular weight is 812 g/mol. The monoisotopic (exact) mass is 811 g/mol. The minimum atomic E-state index is -2.28. The number of nitrogens with one attached hydrogen (secondary N) is 2. The maximum Gasteiger partial charge on any atom is 0.411 e. The van der Waals surface area contributed by atoms with Crippen molar-refractivity contribution >= 4 is 41.5 Å². The molecule has 2 aliphatic heterocycles. The van der Waals surface area contributed by atoms with Crippen LogP contribution in [0, 0.1) is 13.8 Å². The third kappa shape index (κ3) is 6.48. The fourth-order valence-electron chi connectivity index (χ4n) is 10.7. The first-order valence-corrected chi connectivity index (χ1v) is 19.6. The van der Waals surface area contributed by atoms with Crippen molar-refractivity contribution in [3.05, 3.63) is 100 Å². The molecule has 312 valence electrons. The predicted octanol–water partition coefficient (Wildman–Crippen LogP) is 1.66. The third-order valence-corrected chi connectivity index (χ3v) is 12.9. The molecule has 10 N–H and O–H groups in total. The highest BCUT2D eigenvalue weighted by Gasteiger charge is 2.68. The second kappa shape index (κ2) is 15.1. The Hall–Kier alpha value is -5.88. The van der Waals surface area contributed by atoms with Gasteiger partial charge in [-0.1, -0.05) is 60.7 Å². The SMILES string of the molecule is Cc1cccc(N(C2CCCN2[C@@]2(C(=O)NC(=O)O)c3ccc(cc3)C[C@@]2(O)CC(N)=O)C2CCCN2[C@@]2(C(=O)NC(=O)O)c3ccc(cc3)C[C@@]2(O)CC(N)=O)c1C. The third-order valence-electron chi connectivity index (χ3n) is 12.9. The molecule has 6 amide bonds. The summed E-state index contributed by atoms with van der Waals surface area (Å²) in [6.45, 7) is 4.04. The summed E-state index contributed by atoms with van der Waals surface area (Å²) in [4.78, 5) is 85.6. The van der Waals surface area contributed by atoms with Crippen LogP contribution in [-0.2, 0) is 43.1 Å². The van der Waals surface area contributed by atoms with Crippen LogP contribution in [0.3, 0.4) is 0 Å². The Morgan fingerprint density at radius 1 is 0.678 bits per heavy atom. The van der Waals surface area contributed by atoms with Crippen molar-refractivity contribution in [2.24, 2.45) is 11.5 Å². The summed E-state index contributed by atoms with van der Waals surface area (Å²) in [5, 5.41) is 49.9. The van der Waals surface area contributed by atoms with Crippen LogP contribution in [0.25, 0.3) is 0 Å². The van der Waals surface area contributed by atoms with Gasteiger partial charge in [0.15, 0.2) is 11.1 Å². The molecule has 0 spiro atoms. The molecule has 2 saturated heterocycles. The molecule has 0 aromatic heterocycles. The molecule has 2 fully saturated rings. The van der Waals surface area contributed by atoms with Gasteiger partial charge in [0.25, 0.3) is 11.8 Å². The smallest absolute Gasteiger partial charge is 0.411 e. The van der Waals surface area contributed by atoms with Crippen LogP contribution in [0.4, 0.5) is 15.3 Å². The first-order valence-electron chi connectivity index (χ1n) is 19.6. The van der Waals surface area contributed by atoms with Crippen LogP contribution in [0.1, 0.15) is 71.9 Å². The van der Waals surface area contributed by atoms with E-state index in [4.69, 9.17) is 11.5 Å². The highest BCUT2D eigenvalue weighted by molar-refractivity contribution is 6.00. The van der Waals surface area contributed by atoms with Crippen LogP contribution in [-0.4, -0.2) is 103 Å². The minimum Gasteiger partial charge on any atom is -0.465 e. The number of hydrogen-bond acceptors (Lipinski definition) is 11. The molecule has 59 heavy (non-hydrogen) atoms. The fraction of sp³-hybridized carbons (Fsp3) is 0.429. The predicted molar refractivity (Wildman–Crippen MR) is 211 cm³/mol. The maximum absolute atomic E-state index is 14.9. The van der Waals surface area contributed by atoms with Gasteiger partial charge in [-0.2, -0.15) is 0 Å². The number of primary amides is 2. The Labute approximate surface area is 339 Å². The molecule has 3 aromatic rings. The summed E-state index contributed by atoms with van der Waals surface area (Å²) >= 11 is 0. The highest BCUT2D eigenvalue weighted by Crippen LogP contribution is 2.53. The molecule has 0 saturated carbocycles. The summed E-state index contributed by atoms with van der Waals surface area (Å²) in [5.74, 6) is -4.06. The molecular weight excluding hydrogens is 763 g/mol. The molecule has 4 aliphatic carbocycles. The fourth-order valence-corrected chi connectivity index (χ4v) is 10.7. The maximum atomic E-state index is 14.9. The molecule has 2 unspecified atom stereocenters. The van der Waals surface area contributed by atoms with Crippen molar-refractivity contribution < 1.29 is 49.2 Å². The number of hydrogen-bond donors (Lipinski definition) is 8. The second-order valence-electron chi connectivity index (χ2n) is 16.3. The topological polar surface area (TPSA) is 269 Å². The molecular formula is C42H49N7O10. The molecule has 2 heterocycles. The number of likely N-dealkylation sites (tertiary alicyclic amines) is 2. The lowest BCUT2D eigenvalue weighted by molar-refractivity contribution is -0.170. The molecule has 17 nitrogen and oxygen atoms in total. The normalized spacial score (nSPS) is 28.7. The van der Waals surface area contributed by atoms with Gasteiger partial charge in [0.2, 0.25) is 11.8 Å². The Morgan fingerprint density at radius 2 is 1.08 bits per heavy atom. The van der Waals surface area contributed by atoms with Gasteiger partial charge >= 0.3 is 12.2 Å². The standard InChI is InChI=1S/C42H49N7O10/c1-24-6-3-7-30(25(24)2)49(33-8-4-18-47(33)41(35(52)45-37(54)55)28-14-10-26(11-15-28)20-39(41,58)22-31(43)50)34-9-5-19-48(34)42(36(53)46-38(56)57)29-16-12-27(13-17-29)21-40(42,59)23-32(44)51/h3,6-7,10-17,33-34,58-59H,4-5,8-9,18-23H2,1-2H3,(H2,43,50)(H2,44,51)(H,45,52)(H,46,53)(H,54,55)(H,56,57)/t33?,34?,39-,40-,41-,42-/m1/s1. The van der Waals surface area contributed by atoms with E-state index in [0.29, 0.717) is 42.5 Å². The number of benzene rings is 3. The lowest BCUT2D eigenvalue weighted by atomic mass is 9.69. The molecule has 17 heteroatoms. The molecule has 6 atom stereocenters. The molecule has 3 aromatic carbocycles.